The maximum atomic E-state index is 10.2. The molecular formula is C10H9NO2. The number of rotatable bonds is 0. The molecule has 0 unspecified atom stereocenters. The number of nitrogens with two attached hydrogens (primary N) is 1. The average Bonchev–Trinajstić information content (AvgIpc) is 2.06. The fourth-order valence-corrected chi connectivity index (χ4v) is 0.895. The van der Waals surface area contributed by atoms with Crippen molar-refractivity contribution >= 4 is 11.7 Å². The van der Waals surface area contributed by atoms with E-state index in [-0.39, 0.29) is 0 Å². The Morgan fingerprint density at radius 1 is 1.54 bits per heavy atom. The first-order chi connectivity index (χ1) is 6.09. The summed E-state index contributed by atoms with van der Waals surface area (Å²) in [5, 5.41) is 8.33. The van der Waals surface area contributed by atoms with E-state index >= 15 is 0 Å². The minimum absolute atomic E-state index is 0.584. The van der Waals surface area contributed by atoms with Crippen LogP contribution in [0.3, 0.4) is 0 Å². The van der Waals surface area contributed by atoms with Crippen LogP contribution >= 0.6 is 0 Å². The third kappa shape index (κ3) is 2.53. The zero-order chi connectivity index (χ0) is 9.84. The monoisotopic (exact) mass is 175 g/mol. The fourth-order valence-electron chi connectivity index (χ4n) is 0.895. The summed E-state index contributed by atoms with van der Waals surface area (Å²) in [6, 6.07) is 5.22. The van der Waals surface area contributed by atoms with E-state index < -0.39 is 5.97 Å². The summed E-state index contributed by atoms with van der Waals surface area (Å²) >= 11 is 0. The van der Waals surface area contributed by atoms with Crippen molar-refractivity contribution in [2.24, 2.45) is 0 Å². The first-order valence-corrected chi connectivity index (χ1v) is 3.70. The normalized spacial score (nSPS) is 8.69. The molecule has 0 spiro atoms. The second kappa shape index (κ2) is 3.63. The molecule has 3 nitrogen and oxygen atoms in total. The van der Waals surface area contributed by atoms with Crippen LogP contribution in [0.4, 0.5) is 5.69 Å². The average molecular weight is 175 g/mol. The molecule has 0 atom stereocenters. The first-order valence-electron chi connectivity index (χ1n) is 3.70. The number of anilines is 1. The lowest BCUT2D eigenvalue weighted by Crippen LogP contribution is -1.91. The summed E-state index contributed by atoms with van der Waals surface area (Å²) in [5.41, 5.74) is 7.68. The van der Waals surface area contributed by atoms with Gasteiger partial charge in [-0.2, -0.15) is 0 Å². The number of carbonyl (C=O) groups is 1. The van der Waals surface area contributed by atoms with E-state index in [2.05, 4.69) is 5.92 Å². The number of hydrogen-bond donors (Lipinski definition) is 2. The van der Waals surface area contributed by atoms with E-state index in [0.29, 0.717) is 11.3 Å². The Balaban J connectivity index is 3.09. The van der Waals surface area contributed by atoms with Gasteiger partial charge < -0.3 is 10.8 Å². The summed E-state index contributed by atoms with van der Waals surface area (Å²) in [6.07, 6.45) is 0. The first kappa shape index (κ1) is 9.14. The van der Waals surface area contributed by atoms with Gasteiger partial charge in [0, 0.05) is 17.2 Å². The van der Waals surface area contributed by atoms with Crippen molar-refractivity contribution < 1.29 is 9.90 Å². The van der Waals surface area contributed by atoms with E-state index in [1.54, 1.807) is 18.2 Å². The van der Waals surface area contributed by atoms with Gasteiger partial charge in [-0.3, -0.25) is 0 Å². The van der Waals surface area contributed by atoms with Crippen molar-refractivity contribution in [3.63, 3.8) is 0 Å². The highest BCUT2D eigenvalue weighted by Gasteiger charge is 1.95. The SMILES string of the molecule is Cc1ccc(N)cc1C#CC(=O)O. The Kier molecular flexibility index (Phi) is 2.56. The van der Waals surface area contributed by atoms with Gasteiger partial charge in [-0.05, 0) is 24.6 Å². The highest BCUT2D eigenvalue weighted by atomic mass is 16.4. The minimum atomic E-state index is -1.14. The Hall–Kier alpha value is -1.95. The summed E-state index contributed by atoms with van der Waals surface area (Å²) < 4.78 is 0. The van der Waals surface area contributed by atoms with Crippen molar-refractivity contribution in [2.75, 3.05) is 5.73 Å². The fraction of sp³-hybridized carbons (Fsp3) is 0.100. The molecule has 3 heteroatoms. The van der Waals surface area contributed by atoms with Crippen LogP contribution in [0.2, 0.25) is 0 Å². The van der Waals surface area contributed by atoms with Crippen LogP contribution in [-0.4, -0.2) is 11.1 Å². The van der Waals surface area contributed by atoms with Crippen LogP contribution in [0, 0.1) is 18.8 Å². The largest absolute Gasteiger partial charge is 0.472 e. The molecule has 0 aliphatic rings. The van der Waals surface area contributed by atoms with Crippen LogP contribution in [-0.2, 0) is 4.79 Å². The van der Waals surface area contributed by atoms with Crippen molar-refractivity contribution in [2.45, 2.75) is 6.92 Å². The van der Waals surface area contributed by atoms with E-state index in [1.807, 2.05) is 12.8 Å². The van der Waals surface area contributed by atoms with Gasteiger partial charge in [-0.15, -0.1) is 0 Å². The van der Waals surface area contributed by atoms with Gasteiger partial charge in [0.05, 0.1) is 0 Å². The topological polar surface area (TPSA) is 63.3 Å². The summed E-state index contributed by atoms with van der Waals surface area (Å²) in [5.74, 6) is 3.43. The molecule has 0 bridgehead atoms. The maximum absolute atomic E-state index is 10.2. The molecule has 0 fully saturated rings. The number of aryl methyl sites for hydroxylation is 1. The molecule has 3 N–H and O–H groups in total. The van der Waals surface area contributed by atoms with E-state index in [1.165, 1.54) is 0 Å². The van der Waals surface area contributed by atoms with Gasteiger partial charge in [0.2, 0.25) is 0 Å². The summed E-state index contributed by atoms with van der Waals surface area (Å²) in [7, 11) is 0. The maximum Gasteiger partial charge on any atom is 0.382 e. The van der Waals surface area contributed by atoms with Crippen molar-refractivity contribution in [1.82, 2.24) is 0 Å². The van der Waals surface area contributed by atoms with Gasteiger partial charge >= 0.3 is 5.97 Å². The van der Waals surface area contributed by atoms with Gasteiger partial charge in [0.15, 0.2) is 0 Å². The Bertz CT molecular complexity index is 399. The van der Waals surface area contributed by atoms with Crippen LogP contribution in [0.1, 0.15) is 11.1 Å². The standard InChI is InChI=1S/C10H9NO2/c1-7-2-4-9(11)6-8(7)3-5-10(12)13/h2,4,6H,11H2,1H3,(H,12,13). The molecule has 0 saturated heterocycles. The predicted octanol–water partition coefficient (Wildman–Crippen LogP) is 1.01. The van der Waals surface area contributed by atoms with Gasteiger partial charge in [0.25, 0.3) is 0 Å². The summed E-state index contributed by atoms with van der Waals surface area (Å²) in [6.45, 7) is 1.85. The number of benzene rings is 1. The smallest absolute Gasteiger partial charge is 0.382 e. The lowest BCUT2D eigenvalue weighted by atomic mass is 10.1. The molecule has 0 aliphatic carbocycles. The van der Waals surface area contributed by atoms with Crippen LogP contribution in [0.25, 0.3) is 0 Å². The third-order valence-electron chi connectivity index (χ3n) is 1.57. The zero-order valence-electron chi connectivity index (χ0n) is 7.16. The number of hydrogen-bond acceptors (Lipinski definition) is 2. The quantitative estimate of drug-likeness (QED) is 0.457. The molecule has 0 radical (unpaired) electrons. The van der Waals surface area contributed by atoms with Crippen LogP contribution in [0.5, 0.6) is 0 Å². The van der Waals surface area contributed by atoms with Crippen molar-refractivity contribution in [1.29, 1.82) is 0 Å². The second-order valence-electron chi connectivity index (χ2n) is 2.63. The highest BCUT2D eigenvalue weighted by molar-refractivity contribution is 5.87. The second-order valence-corrected chi connectivity index (χ2v) is 2.63. The molecule has 1 aromatic carbocycles. The minimum Gasteiger partial charge on any atom is -0.472 e. The van der Waals surface area contributed by atoms with Gasteiger partial charge in [-0.25, -0.2) is 4.79 Å². The van der Waals surface area contributed by atoms with E-state index in [0.717, 1.165) is 5.56 Å². The van der Waals surface area contributed by atoms with Crippen molar-refractivity contribution in [3.8, 4) is 11.8 Å². The Labute approximate surface area is 76.2 Å². The number of nitrogen functional groups attached to an aromatic ring is 1. The molecule has 1 rings (SSSR count). The lowest BCUT2D eigenvalue weighted by molar-refractivity contribution is -0.130. The Morgan fingerprint density at radius 2 is 2.23 bits per heavy atom. The molecule has 66 valence electrons. The lowest BCUT2D eigenvalue weighted by Gasteiger charge is -1.98. The molecule has 1 aromatic rings. The van der Waals surface area contributed by atoms with Crippen LogP contribution in [0.15, 0.2) is 18.2 Å². The predicted molar refractivity (Wildman–Crippen MR) is 50.1 cm³/mol. The number of carboxylic acids is 1. The molecular weight excluding hydrogens is 166 g/mol. The van der Waals surface area contributed by atoms with Gasteiger partial charge in [0.1, 0.15) is 0 Å². The molecule has 0 aromatic heterocycles. The number of aliphatic carboxylic acids is 1. The molecule has 0 saturated carbocycles. The highest BCUT2D eigenvalue weighted by Crippen LogP contribution is 2.10. The third-order valence-corrected chi connectivity index (χ3v) is 1.57. The van der Waals surface area contributed by atoms with Crippen LogP contribution < -0.4 is 5.73 Å². The van der Waals surface area contributed by atoms with Gasteiger partial charge in [-0.1, -0.05) is 12.0 Å². The zero-order valence-corrected chi connectivity index (χ0v) is 7.16. The molecule has 0 heterocycles. The van der Waals surface area contributed by atoms with E-state index in [9.17, 15) is 4.79 Å². The van der Waals surface area contributed by atoms with Crippen molar-refractivity contribution in [3.05, 3.63) is 29.3 Å². The molecule has 0 aliphatic heterocycles. The Morgan fingerprint density at radius 3 is 2.85 bits per heavy atom. The molecule has 13 heavy (non-hydrogen) atoms. The number of carboxylic acid groups (broad SMARTS) is 1. The molecule has 0 amide bonds. The van der Waals surface area contributed by atoms with E-state index in [4.69, 9.17) is 10.8 Å². The summed E-state index contributed by atoms with van der Waals surface area (Å²) in [4.78, 5) is 10.2.